The molecule has 0 bridgehead atoms. The maximum absolute atomic E-state index is 12.1. The van der Waals surface area contributed by atoms with Gasteiger partial charge in [-0.25, -0.2) is 0 Å². The molecule has 1 amide bonds. The molecule has 178 valence electrons. The molecule has 10 heteroatoms. The Balaban J connectivity index is 1.60. The van der Waals surface area contributed by atoms with E-state index in [4.69, 9.17) is 23.1 Å². The third kappa shape index (κ3) is 6.17. The summed E-state index contributed by atoms with van der Waals surface area (Å²) in [5.74, 6) is -0.385. The minimum atomic E-state index is -3.90. The second-order valence-electron chi connectivity index (χ2n) is 8.01. The Labute approximate surface area is 193 Å². The molecule has 0 saturated carbocycles. The standard InChI is InChI=1S/C23H27NO8S/c1-15(25)24-19-21(32-33(2,26)27)20-18(14-29-22(31-20)17-11-7-4-8-12-17)30-23(19)28-13-16-9-5-3-6-10-16/h3-12,18-23H,13-14H2,1-2H3,(H,24,25). The first-order chi connectivity index (χ1) is 15.8. The molecule has 0 aliphatic carbocycles. The maximum atomic E-state index is 12.1. The van der Waals surface area contributed by atoms with Crippen molar-refractivity contribution in [1.82, 2.24) is 5.32 Å². The van der Waals surface area contributed by atoms with Crippen molar-refractivity contribution in [1.29, 1.82) is 0 Å². The molecule has 2 saturated heterocycles. The molecule has 2 heterocycles. The smallest absolute Gasteiger partial charge is 0.264 e. The van der Waals surface area contributed by atoms with Crippen LogP contribution in [-0.2, 0) is 44.7 Å². The van der Waals surface area contributed by atoms with Crippen molar-refractivity contribution >= 4 is 16.0 Å². The number of amides is 1. The second-order valence-corrected chi connectivity index (χ2v) is 9.61. The van der Waals surface area contributed by atoms with Gasteiger partial charge in [0, 0.05) is 12.5 Å². The van der Waals surface area contributed by atoms with Gasteiger partial charge in [-0.15, -0.1) is 0 Å². The molecule has 4 rings (SSSR count). The Morgan fingerprint density at radius 1 is 1.06 bits per heavy atom. The van der Waals surface area contributed by atoms with E-state index in [0.29, 0.717) is 0 Å². The molecule has 2 aromatic carbocycles. The number of hydrogen-bond donors (Lipinski definition) is 1. The average molecular weight is 478 g/mol. The van der Waals surface area contributed by atoms with E-state index < -0.39 is 47.1 Å². The third-order valence-electron chi connectivity index (χ3n) is 5.32. The molecule has 33 heavy (non-hydrogen) atoms. The van der Waals surface area contributed by atoms with Crippen LogP contribution in [-0.4, -0.2) is 57.8 Å². The van der Waals surface area contributed by atoms with Crippen LogP contribution in [0.25, 0.3) is 0 Å². The fourth-order valence-corrected chi connectivity index (χ4v) is 4.58. The number of fused-ring (bicyclic) bond motifs is 1. The largest absolute Gasteiger partial charge is 0.346 e. The molecule has 2 aliphatic heterocycles. The second kappa shape index (κ2) is 10.3. The fraction of sp³-hybridized carbons (Fsp3) is 0.435. The Hall–Kier alpha value is -2.34. The van der Waals surface area contributed by atoms with Gasteiger partial charge in [-0.1, -0.05) is 60.7 Å². The van der Waals surface area contributed by atoms with E-state index in [1.54, 1.807) is 0 Å². The highest BCUT2D eigenvalue weighted by Gasteiger charge is 2.52. The molecular weight excluding hydrogens is 450 g/mol. The highest BCUT2D eigenvalue weighted by molar-refractivity contribution is 7.86. The van der Waals surface area contributed by atoms with Crippen LogP contribution < -0.4 is 5.32 Å². The minimum Gasteiger partial charge on any atom is -0.346 e. The fourth-order valence-electron chi connectivity index (χ4n) is 3.95. The van der Waals surface area contributed by atoms with Crippen LogP contribution >= 0.6 is 0 Å². The van der Waals surface area contributed by atoms with Gasteiger partial charge in [0.1, 0.15) is 24.4 Å². The number of ether oxygens (including phenoxy) is 4. The monoisotopic (exact) mass is 477 g/mol. The van der Waals surface area contributed by atoms with Crippen molar-refractivity contribution in [3.8, 4) is 0 Å². The normalized spacial score (nSPS) is 29.8. The van der Waals surface area contributed by atoms with E-state index in [1.165, 1.54) is 6.92 Å². The lowest BCUT2D eigenvalue weighted by atomic mass is 9.95. The zero-order valence-corrected chi connectivity index (χ0v) is 19.1. The van der Waals surface area contributed by atoms with Crippen molar-refractivity contribution in [2.45, 2.75) is 50.5 Å². The first kappa shape index (κ1) is 23.8. The Morgan fingerprint density at radius 2 is 1.73 bits per heavy atom. The van der Waals surface area contributed by atoms with Gasteiger partial charge in [0.25, 0.3) is 10.1 Å². The van der Waals surface area contributed by atoms with Crippen LogP contribution in [0.4, 0.5) is 0 Å². The van der Waals surface area contributed by atoms with Gasteiger partial charge in [0.15, 0.2) is 12.6 Å². The van der Waals surface area contributed by atoms with E-state index in [-0.39, 0.29) is 19.1 Å². The summed E-state index contributed by atoms with van der Waals surface area (Å²) in [6, 6.07) is 17.8. The molecule has 2 aliphatic rings. The predicted octanol–water partition coefficient (Wildman–Crippen LogP) is 1.89. The topological polar surface area (TPSA) is 109 Å². The minimum absolute atomic E-state index is 0.131. The van der Waals surface area contributed by atoms with E-state index in [0.717, 1.165) is 17.4 Å². The summed E-state index contributed by atoms with van der Waals surface area (Å²) in [7, 11) is -3.90. The number of hydrogen-bond acceptors (Lipinski definition) is 8. The lowest BCUT2D eigenvalue weighted by Crippen LogP contribution is -2.67. The van der Waals surface area contributed by atoms with Gasteiger partial charge < -0.3 is 24.3 Å². The van der Waals surface area contributed by atoms with Crippen LogP contribution in [0.1, 0.15) is 24.3 Å². The van der Waals surface area contributed by atoms with Crippen molar-refractivity contribution in [3.63, 3.8) is 0 Å². The molecule has 2 aromatic rings. The van der Waals surface area contributed by atoms with Gasteiger partial charge in [0.2, 0.25) is 5.91 Å². The highest BCUT2D eigenvalue weighted by atomic mass is 32.2. The molecule has 1 N–H and O–H groups in total. The summed E-state index contributed by atoms with van der Waals surface area (Å²) in [6.07, 6.45) is -3.34. The third-order valence-corrected chi connectivity index (χ3v) is 5.90. The number of carbonyl (C=O) groups excluding carboxylic acids is 1. The highest BCUT2D eigenvalue weighted by Crippen LogP contribution is 2.36. The van der Waals surface area contributed by atoms with E-state index >= 15 is 0 Å². The zero-order valence-electron chi connectivity index (χ0n) is 18.3. The maximum Gasteiger partial charge on any atom is 0.264 e. The summed E-state index contributed by atoms with van der Waals surface area (Å²) in [5, 5.41) is 2.73. The summed E-state index contributed by atoms with van der Waals surface area (Å²) in [6.45, 7) is 1.65. The van der Waals surface area contributed by atoms with Crippen molar-refractivity contribution in [2.75, 3.05) is 12.9 Å². The van der Waals surface area contributed by atoms with E-state index in [9.17, 15) is 13.2 Å². The van der Waals surface area contributed by atoms with Crippen molar-refractivity contribution in [3.05, 3.63) is 71.8 Å². The van der Waals surface area contributed by atoms with Crippen LogP contribution in [0.15, 0.2) is 60.7 Å². The van der Waals surface area contributed by atoms with Gasteiger partial charge in [0.05, 0.1) is 19.5 Å². The lowest BCUT2D eigenvalue weighted by molar-refractivity contribution is -0.342. The lowest BCUT2D eigenvalue weighted by Gasteiger charge is -2.48. The molecule has 6 atom stereocenters. The summed E-state index contributed by atoms with van der Waals surface area (Å²) >= 11 is 0. The molecule has 2 fully saturated rings. The molecular formula is C23H27NO8S. The predicted molar refractivity (Wildman–Crippen MR) is 117 cm³/mol. The van der Waals surface area contributed by atoms with Crippen LogP contribution in [0.2, 0.25) is 0 Å². The Bertz CT molecular complexity index is 1030. The number of carbonyl (C=O) groups is 1. The average Bonchev–Trinajstić information content (AvgIpc) is 2.79. The molecule has 0 aromatic heterocycles. The van der Waals surface area contributed by atoms with Gasteiger partial charge >= 0.3 is 0 Å². The van der Waals surface area contributed by atoms with Crippen LogP contribution in [0, 0.1) is 0 Å². The molecule has 0 radical (unpaired) electrons. The van der Waals surface area contributed by atoms with Gasteiger partial charge in [-0.05, 0) is 5.56 Å². The molecule has 0 spiro atoms. The van der Waals surface area contributed by atoms with E-state index in [1.807, 2.05) is 60.7 Å². The quantitative estimate of drug-likeness (QED) is 0.602. The van der Waals surface area contributed by atoms with Crippen LogP contribution in [0.5, 0.6) is 0 Å². The Morgan fingerprint density at radius 3 is 2.36 bits per heavy atom. The van der Waals surface area contributed by atoms with Crippen molar-refractivity contribution < 1.29 is 36.3 Å². The van der Waals surface area contributed by atoms with Crippen LogP contribution in [0.3, 0.4) is 0 Å². The first-order valence-electron chi connectivity index (χ1n) is 10.6. The number of benzene rings is 2. The molecule has 6 unspecified atom stereocenters. The zero-order chi connectivity index (χ0) is 23.4. The molecule has 9 nitrogen and oxygen atoms in total. The summed E-state index contributed by atoms with van der Waals surface area (Å²) < 4.78 is 53.7. The SMILES string of the molecule is CC(=O)NC1C(OCc2ccccc2)OC2COC(c3ccccc3)OC2C1OS(C)(=O)=O. The van der Waals surface area contributed by atoms with E-state index in [2.05, 4.69) is 5.32 Å². The van der Waals surface area contributed by atoms with Gasteiger partial charge in [-0.2, -0.15) is 8.42 Å². The van der Waals surface area contributed by atoms with Gasteiger partial charge in [-0.3, -0.25) is 8.98 Å². The van der Waals surface area contributed by atoms with Crippen molar-refractivity contribution in [2.24, 2.45) is 0 Å². The summed E-state index contributed by atoms with van der Waals surface area (Å²) in [5.41, 5.74) is 1.67. The Kier molecular flexibility index (Phi) is 7.42. The number of nitrogens with one attached hydrogen (secondary N) is 1. The first-order valence-corrected chi connectivity index (χ1v) is 12.4. The number of rotatable bonds is 7. The summed E-state index contributed by atoms with van der Waals surface area (Å²) in [4.78, 5) is 12.0.